The van der Waals surface area contributed by atoms with Gasteiger partial charge in [0.25, 0.3) is 5.91 Å². The summed E-state index contributed by atoms with van der Waals surface area (Å²) < 4.78 is 5.57. The Bertz CT molecular complexity index is 476. The Hall–Kier alpha value is -1.79. The van der Waals surface area contributed by atoms with Crippen molar-refractivity contribution >= 4 is 11.6 Å². The molecule has 1 unspecified atom stereocenters. The van der Waals surface area contributed by atoms with Crippen LogP contribution in [0, 0.1) is 12.3 Å². The number of hydrogen-bond donors (Lipinski definition) is 0. The third kappa shape index (κ3) is 4.40. The number of carbonyl (C=O) groups excluding carboxylic acids is 1. The fourth-order valence-electron chi connectivity index (χ4n) is 1.92. The summed E-state index contributed by atoms with van der Waals surface area (Å²) in [4.78, 5) is 14.1. The van der Waals surface area contributed by atoms with Crippen molar-refractivity contribution in [3.05, 3.63) is 29.8 Å². The number of hydrogen-bond acceptors (Lipinski definition) is 2. The molecule has 1 aromatic rings. The minimum atomic E-state index is -0.434. The maximum absolute atomic E-state index is 12.4. The quantitative estimate of drug-likeness (QED) is 0.564. The first kappa shape index (κ1) is 16.3. The lowest BCUT2D eigenvalue weighted by molar-refractivity contribution is -0.129. The highest BCUT2D eigenvalue weighted by Gasteiger charge is 2.21. The second kappa shape index (κ2) is 8.39. The summed E-state index contributed by atoms with van der Waals surface area (Å²) in [5, 5.41) is 0. The number of likely N-dealkylation sites (N-methyl/N-ethyl adjacent to an activating group) is 1. The smallest absolute Gasteiger partial charge is 0.255 e. The van der Waals surface area contributed by atoms with Crippen LogP contribution in [0.15, 0.2) is 24.3 Å². The van der Waals surface area contributed by atoms with E-state index < -0.39 is 6.10 Å². The predicted molar refractivity (Wildman–Crippen MR) is 82.7 cm³/mol. The first-order chi connectivity index (χ1) is 9.63. The molecule has 1 amide bonds. The average molecular weight is 273 g/mol. The Kier molecular flexibility index (Phi) is 6.83. The van der Waals surface area contributed by atoms with Gasteiger partial charge in [0.2, 0.25) is 0 Å². The largest absolute Gasteiger partial charge is 0.369 e. The van der Waals surface area contributed by atoms with Gasteiger partial charge in [-0.25, -0.2) is 0 Å². The summed E-state index contributed by atoms with van der Waals surface area (Å²) in [6, 6.07) is 7.45. The zero-order chi connectivity index (χ0) is 15.0. The molecule has 0 heterocycles. The number of rotatable bonds is 7. The standard InChI is InChI=1S/C17H23NO2/c1-5-8-12-20-14(4)17(19)18(7-3)16-11-9-10-15(6-2)13-16/h2,9-11,13-14H,5,7-8,12H2,1,3-4H3. The molecule has 0 aliphatic carbocycles. The molecule has 1 atom stereocenters. The molecule has 108 valence electrons. The number of nitrogens with zero attached hydrogens (tertiary/aromatic N) is 1. The van der Waals surface area contributed by atoms with E-state index in [4.69, 9.17) is 11.2 Å². The Balaban J connectivity index is 2.78. The monoisotopic (exact) mass is 273 g/mol. The van der Waals surface area contributed by atoms with Gasteiger partial charge in [-0.1, -0.05) is 25.3 Å². The molecule has 0 saturated carbocycles. The number of ether oxygens (including phenoxy) is 1. The minimum Gasteiger partial charge on any atom is -0.369 e. The molecular weight excluding hydrogens is 250 g/mol. The van der Waals surface area contributed by atoms with Crippen LogP contribution in [0.2, 0.25) is 0 Å². The van der Waals surface area contributed by atoms with Crippen LogP contribution in [0.5, 0.6) is 0 Å². The average Bonchev–Trinajstić information content (AvgIpc) is 2.48. The highest BCUT2D eigenvalue weighted by atomic mass is 16.5. The van der Waals surface area contributed by atoms with Gasteiger partial charge in [0.1, 0.15) is 6.10 Å². The van der Waals surface area contributed by atoms with Crippen LogP contribution >= 0.6 is 0 Å². The van der Waals surface area contributed by atoms with Crippen molar-refractivity contribution in [2.75, 3.05) is 18.1 Å². The molecule has 0 radical (unpaired) electrons. The van der Waals surface area contributed by atoms with E-state index in [0.717, 1.165) is 24.1 Å². The van der Waals surface area contributed by atoms with E-state index in [2.05, 4.69) is 12.8 Å². The van der Waals surface area contributed by atoms with E-state index >= 15 is 0 Å². The Morgan fingerprint density at radius 2 is 2.20 bits per heavy atom. The molecule has 0 fully saturated rings. The van der Waals surface area contributed by atoms with Crippen LogP contribution in [0.4, 0.5) is 5.69 Å². The van der Waals surface area contributed by atoms with E-state index in [0.29, 0.717) is 13.2 Å². The van der Waals surface area contributed by atoms with Gasteiger partial charge in [0.05, 0.1) is 0 Å². The van der Waals surface area contributed by atoms with Gasteiger partial charge in [-0.15, -0.1) is 6.42 Å². The van der Waals surface area contributed by atoms with Crippen molar-refractivity contribution in [2.45, 2.75) is 39.7 Å². The second-order valence-corrected chi connectivity index (χ2v) is 4.64. The third-order valence-electron chi connectivity index (χ3n) is 3.12. The molecule has 0 N–H and O–H groups in total. The fraction of sp³-hybridized carbons (Fsp3) is 0.471. The van der Waals surface area contributed by atoms with E-state index in [-0.39, 0.29) is 5.91 Å². The molecule has 1 rings (SSSR count). The summed E-state index contributed by atoms with van der Waals surface area (Å²) in [6.07, 6.45) is 6.99. The lowest BCUT2D eigenvalue weighted by Gasteiger charge is -2.24. The minimum absolute atomic E-state index is 0.0298. The Labute approximate surface area is 121 Å². The van der Waals surface area contributed by atoms with Gasteiger partial charge < -0.3 is 9.64 Å². The number of carbonyl (C=O) groups is 1. The van der Waals surface area contributed by atoms with E-state index in [1.54, 1.807) is 11.8 Å². The molecule has 20 heavy (non-hydrogen) atoms. The number of anilines is 1. The van der Waals surface area contributed by atoms with E-state index in [1.165, 1.54) is 0 Å². The molecular formula is C17H23NO2. The maximum Gasteiger partial charge on any atom is 0.255 e. The SMILES string of the molecule is C#Cc1cccc(N(CC)C(=O)C(C)OCCCC)c1. The normalized spacial score (nSPS) is 11.7. The van der Waals surface area contributed by atoms with Crippen LogP contribution in [0.1, 0.15) is 39.2 Å². The van der Waals surface area contributed by atoms with Gasteiger partial charge >= 0.3 is 0 Å². The number of benzene rings is 1. The second-order valence-electron chi connectivity index (χ2n) is 4.64. The zero-order valence-corrected chi connectivity index (χ0v) is 12.6. The summed E-state index contributed by atoms with van der Waals surface area (Å²) in [5.74, 6) is 2.56. The van der Waals surface area contributed by atoms with Crippen molar-refractivity contribution < 1.29 is 9.53 Å². The molecule has 0 aromatic heterocycles. The van der Waals surface area contributed by atoms with Crippen molar-refractivity contribution in [3.8, 4) is 12.3 Å². The van der Waals surface area contributed by atoms with Gasteiger partial charge in [0.15, 0.2) is 0 Å². The van der Waals surface area contributed by atoms with Crippen molar-refractivity contribution in [1.82, 2.24) is 0 Å². The van der Waals surface area contributed by atoms with Crippen LogP contribution in [0.25, 0.3) is 0 Å². The molecule has 0 bridgehead atoms. The van der Waals surface area contributed by atoms with Gasteiger partial charge in [0, 0.05) is 24.4 Å². The third-order valence-corrected chi connectivity index (χ3v) is 3.12. The number of unbranched alkanes of at least 4 members (excludes halogenated alkanes) is 1. The number of terminal acetylenes is 1. The Morgan fingerprint density at radius 1 is 1.45 bits per heavy atom. The maximum atomic E-state index is 12.4. The molecule has 0 saturated heterocycles. The highest BCUT2D eigenvalue weighted by molar-refractivity contribution is 5.96. The molecule has 3 heteroatoms. The molecule has 0 spiro atoms. The summed E-state index contributed by atoms with van der Waals surface area (Å²) in [5.41, 5.74) is 1.59. The van der Waals surface area contributed by atoms with Crippen LogP contribution in [0.3, 0.4) is 0 Å². The summed E-state index contributed by atoms with van der Waals surface area (Å²) in [6.45, 7) is 7.05. The van der Waals surface area contributed by atoms with Crippen molar-refractivity contribution in [3.63, 3.8) is 0 Å². The topological polar surface area (TPSA) is 29.5 Å². The van der Waals surface area contributed by atoms with Crippen LogP contribution in [-0.2, 0) is 9.53 Å². The van der Waals surface area contributed by atoms with Crippen molar-refractivity contribution in [1.29, 1.82) is 0 Å². The van der Waals surface area contributed by atoms with E-state index in [1.807, 2.05) is 31.2 Å². The van der Waals surface area contributed by atoms with Crippen LogP contribution < -0.4 is 4.90 Å². The number of amides is 1. The van der Waals surface area contributed by atoms with Crippen LogP contribution in [-0.4, -0.2) is 25.2 Å². The first-order valence-electron chi connectivity index (χ1n) is 7.13. The van der Waals surface area contributed by atoms with Gasteiger partial charge in [-0.3, -0.25) is 4.79 Å². The fourth-order valence-corrected chi connectivity index (χ4v) is 1.92. The lowest BCUT2D eigenvalue weighted by Crippen LogP contribution is -2.39. The lowest BCUT2D eigenvalue weighted by atomic mass is 10.2. The van der Waals surface area contributed by atoms with E-state index in [9.17, 15) is 4.79 Å². The molecule has 0 aliphatic heterocycles. The first-order valence-corrected chi connectivity index (χ1v) is 7.13. The van der Waals surface area contributed by atoms with Crippen molar-refractivity contribution in [2.24, 2.45) is 0 Å². The molecule has 3 nitrogen and oxygen atoms in total. The summed E-state index contributed by atoms with van der Waals surface area (Å²) >= 11 is 0. The van der Waals surface area contributed by atoms with Gasteiger partial charge in [-0.05, 0) is 38.5 Å². The Morgan fingerprint density at radius 3 is 2.80 bits per heavy atom. The molecule has 0 aliphatic rings. The van der Waals surface area contributed by atoms with Gasteiger partial charge in [-0.2, -0.15) is 0 Å². The predicted octanol–water partition coefficient (Wildman–Crippen LogP) is 3.23. The molecule has 1 aromatic carbocycles. The highest BCUT2D eigenvalue weighted by Crippen LogP contribution is 2.17. The zero-order valence-electron chi connectivity index (χ0n) is 12.6. The summed E-state index contributed by atoms with van der Waals surface area (Å²) in [7, 11) is 0.